The number of hydrogen-bond acceptors (Lipinski definition) is 4. The second kappa shape index (κ2) is 14.1. The van der Waals surface area contributed by atoms with Gasteiger partial charge in [-0.05, 0) is 128 Å². The largest absolute Gasteiger partial charge is 0.391 e. The number of pyridine rings is 2. The number of nitrogens with zero attached hydrogens (tertiary/aromatic N) is 3. The van der Waals surface area contributed by atoms with Crippen LogP contribution in [-0.2, 0) is 12.8 Å². The molecule has 4 aliphatic carbocycles. The summed E-state index contributed by atoms with van der Waals surface area (Å²) in [5, 5.41) is 11.8. The van der Waals surface area contributed by atoms with Crippen LogP contribution in [0.5, 0.6) is 0 Å². The Labute approximate surface area is 275 Å². The van der Waals surface area contributed by atoms with Crippen LogP contribution < -0.4 is 0 Å². The van der Waals surface area contributed by atoms with Crippen LogP contribution in [0.25, 0.3) is 0 Å². The molecule has 4 aliphatic rings. The summed E-state index contributed by atoms with van der Waals surface area (Å²) >= 11 is 0. The van der Waals surface area contributed by atoms with Crippen molar-refractivity contribution in [3.8, 4) is 0 Å². The molecular formula is C41H63N3O. The van der Waals surface area contributed by atoms with Crippen molar-refractivity contribution in [3.63, 3.8) is 0 Å². The first-order valence-corrected chi connectivity index (χ1v) is 18.9. The first-order chi connectivity index (χ1) is 21.7. The van der Waals surface area contributed by atoms with Gasteiger partial charge in [0.05, 0.1) is 6.10 Å². The lowest BCUT2D eigenvalue weighted by atomic mass is 9.44. The van der Waals surface area contributed by atoms with Gasteiger partial charge in [-0.15, -0.1) is 0 Å². The van der Waals surface area contributed by atoms with E-state index in [2.05, 4.69) is 73.8 Å². The van der Waals surface area contributed by atoms with Gasteiger partial charge in [0.1, 0.15) is 0 Å². The maximum atomic E-state index is 11.8. The number of aliphatic hydroxyl groups is 1. The van der Waals surface area contributed by atoms with Crippen LogP contribution >= 0.6 is 0 Å². The highest BCUT2D eigenvalue weighted by Crippen LogP contribution is 2.68. The van der Waals surface area contributed by atoms with Crippen LogP contribution in [0.3, 0.4) is 0 Å². The Bertz CT molecular complexity index is 1160. The van der Waals surface area contributed by atoms with E-state index < -0.39 is 0 Å². The van der Waals surface area contributed by atoms with E-state index in [1.807, 2.05) is 24.5 Å². The lowest BCUT2D eigenvalue weighted by Gasteiger charge is -2.63. The molecule has 10 atom stereocenters. The maximum absolute atomic E-state index is 11.8. The van der Waals surface area contributed by atoms with Crippen molar-refractivity contribution in [1.82, 2.24) is 14.9 Å². The number of fused-ring (bicyclic) bond motifs is 5. The summed E-state index contributed by atoms with van der Waals surface area (Å²) in [5.74, 6) is 5.86. The van der Waals surface area contributed by atoms with E-state index in [9.17, 15) is 5.11 Å². The molecule has 1 N–H and O–H groups in total. The topological polar surface area (TPSA) is 49.2 Å². The number of rotatable bonds is 12. The standard InChI is InChI=1S/C41H63N3O/c1-29(2)11-10-12-30(3)35-17-18-36-34-16-15-31-27-39(45)38(28-41(31,5)37(34)19-22-40(35,36)4)44(25-20-32-13-6-8-23-42-32)26-21-33-14-7-9-24-43-33/h6-9,13-14,23-24,29-31,34-39,45H,10-12,15-22,25-28H2,1-5H3/t30-,31+,34+,35-,36+,37+,38-,39+,40-,41+/m1/s1. The van der Waals surface area contributed by atoms with Crippen LogP contribution in [0, 0.1) is 52.3 Å². The average molecular weight is 614 g/mol. The molecule has 2 aromatic heterocycles. The second-order valence-electron chi connectivity index (χ2n) is 16.9. The van der Waals surface area contributed by atoms with Gasteiger partial charge in [-0.25, -0.2) is 0 Å². The molecule has 248 valence electrons. The molecule has 0 radical (unpaired) electrons. The van der Waals surface area contributed by atoms with Crippen molar-refractivity contribution in [3.05, 3.63) is 60.2 Å². The Balaban J connectivity index is 1.18. The minimum absolute atomic E-state index is 0.211. The normalized spacial score (nSPS) is 36.8. The lowest BCUT2D eigenvalue weighted by molar-refractivity contribution is -0.150. The number of hydrogen-bond donors (Lipinski definition) is 1. The van der Waals surface area contributed by atoms with Crippen LogP contribution in [0.4, 0.5) is 0 Å². The van der Waals surface area contributed by atoms with Crippen molar-refractivity contribution in [2.24, 2.45) is 52.3 Å². The Morgan fingerprint density at radius 1 is 0.822 bits per heavy atom. The minimum Gasteiger partial charge on any atom is -0.391 e. The third-order valence-corrected chi connectivity index (χ3v) is 14.1. The summed E-state index contributed by atoms with van der Waals surface area (Å²) in [5.41, 5.74) is 3.15. The minimum atomic E-state index is -0.247. The molecule has 4 fully saturated rings. The smallest absolute Gasteiger partial charge is 0.0698 e. The van der Waals surface area contributed by atoms with E-state index in [1.165, 1.54) is 57.8 Å². The molecule has 0 saturated heterocycles. The fraction of sp³-hybridized carbons (Fsp3) is 0.756. The van der Waals surface area contributed by atoms with Gasteiger partial charge >= 0.3 is 0 Å². The SMILES string of the molecule is CC(C)CCC[C@@H](C)[C@H]1CC[C@H]2[C@@H]3CC[C@H]4C[C@H](O)[C@H](N(CCc5ccccn5)CCc5ccccn5)C[C@]4(C)[C@H]3CC[C@]12C. The van der Waals surface area contributed by atoms with E-state index >= 15 is 0 Å². The van der Waals surface area contributed by atoms with Gasteiger partial charge in [-0.3, -0.25) is 14.9 Å². The zero-order valence-electron chi connectivity index (χ0n) is 29.2. The summed E-state index contributed by atoms with van der Waals surface area (Å²) in [6.45, 7) is 14.6. The predicted octanol–water partition coefficient (Wildman–Crippen LogP) is 9.02. The molecule has 0 unspecified atom stereocenters. The molecule has 0 amide bonds. The molecule has 4 heteroatoms. The van der Waals surface area contributed by atoms with E-state index in [0.717, 1.165) is 85.7 Å². The van der Waals surface area contributed by atoms with E-state index in [0.29, 0.717) is 16.7 Å². The van der Waals surface area contributed by atoms with Crippen LogP contribution in [-0.4, -0.2) is 45.2 Å². The summed E-state index contributed by atoms with van der Waals surface area (Å²) < 4.78 is 0. The molecule has 45 heavy (non-hydrogen) atoms. The molecule has 6 rings (SSSR count). The fourth-order valence-corrected chi connectivity index (χ4v) is 11.7. The Morgan fingerprint density at radius 2 is 1.49 bits per heavy atom. The van der Waals surface area contributed by atoms with Crippen molar-refractivity contribution in [2.45, 2.75) is 130 Å². The summed E-state index contributed by atoms with van der Waals surface area (Å²) in [4.78, 5) is 11.9. The average Bonchev–Trinajstić information content (AvgIpc) is 3.39. The van der Waals surface area contributed by atoms with E-state index in [4.69, 9.17) is 0 Å². The third-order valence-electron chi connectivity index (χ3n) is 14.1. The highest BCUT2D eigenvalue weighted by atomic mass is 16.3. The Kier molecular flexibility index (Phi) is 10.4. The lowest BCUT2D eigenvalue weighted by Crippen LogP contribution is -2.60. The molecule has 0 aromatic carbocycles. The Hall–Kier alpha value is -1.78. The summed E-state index contributed by atoms with van der Waals surface area (Å²) in [6.07, 6.45) is 20.2. The maximum Gasteiger partial charge on any atom is 0.0698 e. The van der Waals surface area contributed by atoms with E-state index in [1.54, 1.807) is 0 Å². The fourth-order valence-electron chi connectivity index (χ4n) is 11.7. The van der Waals surface area contributed by atoms with Gasteiger partial charge in [0.25, 0.3) is 0 Å². The van der Waals surface area contributed by atoms with Crippen LogP contribution in [0.2, 0.25) is 0 Å². The van der Waals surface area contributed by atoms with Crippen LogP contribution in [0.15, 0.2) is 48.8 Å². The third kappa shape index (κ3) is 6.94. The molecular weight excluding hydrogens is 550 g/mol. The van der Waals surface area contributed by atoms with Crippen molar-refractivity contribution >= 4 is 0 Å². The van der Waals surface area contributed by atoms with Crippen molar-refractivity contribution < 1.29 is 5.11 Å². The molecule has 4 saturated carbocycles. The predicted molar refractivity (Wildman–Crippen MR) is 186 cm³/mol. The monoisotopic (exact) mass is 613 g/mol. The second-order valence-corrected chi connectivity index (χ2v) is 16.9. The highest BCUT2D eigenvalue weighted by molar-refractivity contribution is 5.12. The van der Waals surface area contributed by atoms with Crippen molar-refractivity contribution in [1.29, 1.82) is 0 Å². The number of aliphatic hydroxyl groups excluding tert-OH is 1. The van der Waals surface area contributed by atoms with Crippen LogP contribution in [0.1, 0.15) is 117 Å². The molecule has 2 aromatic rings. The van der Waals surface area contributed by atoms with E-state index in [-0.39, 0.29) is 12.1 Å². The summed E-state index contributed by atoms with van der Waals surface area (Å²) in [7, 11) is 0. The van der Waals surface area contributed by atoms with Gasteiger partial charge in [0.2, 0.25) is 0 Å². The highest BCUT2D eigenvalue weighted by Gasteiger charge is 2.61. The molecule has 2 heterocycles. The number of aromatic nitrogens is 2. The van der Waals surface area contributed by atoms with Gasteiger partial charge in [-0.2, -0.15) is 0 Å². The zero-order valence-corrected chi connectivity index (χ0v) is 29.2. The molecule has 0 spiro atoms. The van der Waals surface area contributed by atoms with Gasteiger partial charge in [0, 0.05) is 55.8 Å². The summed E-state index contributed by atoms with van der Waals surface area (Å²) in [6, 6.07) is 12.7. The molecule has 0 bridgehead atoms. The van der Waals surface area contributed by atoms with Gasteiger partial charge < -0.3 is 5.11 Å². The van der Waals surface area contributed by atoms with Crippen molar-refractivity contribution in [2.75, 3.05) is 13.1 Å². The first kappa shape index (κ1) is 33.1. The zero-order chi connectivity index (χ0) is 31.6. The van der Waals surface area contributed by atoms with Gasteiger partial charge in [0.15, 0.2) is 0 Å². The molecule has 4 nitrogen and oxygen atoms in total. The van der Waals surface area contributed by atoms with Gasteiger partial charge in [-0.1, -0.05) is 66.0 Å². The Morgan fingerprint density at radius 3 is 2.11 bits per heavy atom. The quantitative estimate of drug-likeness (QED) is 0.260. The first-order valence-electron chi connectivity index (χ1n) is 18.9. The molecule has 0 aliphatic heterocycles.